The molecule has 1 aromatic carbocycles. The summed E-state index contributed by atoms with van der Waals surface area (Å²) in [5.74, 6) is -0.889. The fourth-order valence-electron chi connectivity index (χ4n) is 4.00. The van der Waals surface area contributed by atoms with Crippen LogP contribution in [0.2, 0.25) is 0 Å². The van der Waals surface area contributed by atoms with Gasteiger partial charge in [-0.3, -0.25) is 14.2 Å². The highest BCUT2D eigenvalue weighted by Crippen LogP contribution is 2.39. The predicted molar refractivity (Wildman–Crippen MR) is 155 cm³/mol. The van der Waals surface area contributed by atoms with Crippen molar-refractivity contribution in [2.24, 2.45) is 0 Å². The van der Waals surface area contributed by atoms with Crippen molar-refractivity contribution in [3.8, 4) is 0 Å². The van der Waals surface area contributed by atoms with E-state index in [-0.39, 0.29) is 30.8 Å². The van der Waals surface area contributed by atoms with E-state index in [1.807, 2.05) is 30.3 Å². The van der Waals surface area contributed by atoms with E-state index in [9.17, 15) is 14.2 Å². The number of hydrogen-bond acceptors (Lipinski definition) is 10. The molecule has 0 saturated heterocycles. The van der Waals surface area contributed by atoms with Crippen LogP contribution in [0.5, 0.6) is 0 Å². The van der Waals surface area contributed by atoms with Crippen LogP contribution in [-0.2, 0) is 41.3 Å². The van der Waals surface area contributed by atoms with E-state index >= 15 is 0 Å². The number of hydrogen-bond donors (Lipinski definition) is 3. The zero-order valence-corrected chi connectivity index (χ0v) is 25.2. The molecular weight excluding hydrogens is 549 g/mol. The van der Waals surface area contributed by atoms with Gasteiger partial charge in [-0.2, -0.15) is 0 Å². The summed E-state index contributed by atoms with van der Waals surface area (Å²) in [6, 6.07) is 7.36. The van der Waals surface area contributed by atoms with Gasteiger partial charge in [-0.05, 0) is 53.5 Å². The number of anilines is 1. The number of carbonyl (C=O) groups is 2. The molecule has 0 aliphatic carbocycles. The summed E-state index contributed by atoms with van der Waals surface area (Å²) in [5.41, 5.74) is 7.74. The van der Waals surface area contributed by atoms with Gasteiger partial charge in [-0.1, -0.05) is 30.3 Å². The fourth-order valence-corrected chi connectivity index (χ4v) is 6.12. The smallest absolute Gasteiger partial charge is 0.324 e. The van der Waals surface area contributed by atoms with Gasteiger partial charge >= 0.3 is 11.9 Å². The van der Waals surface area contributed by atoms with Crippen LogP contribution >= 0.6 is 7.44 Å². The average molecular weight is 590 g/mol. The number of fused-ring (bicyclic) bond motifs is 1. The van der Waals surface area contributed by atoms with E-state index in [4.69, 9.17) is 19.9 Å². The SMILES string of the molecule is CC(C)OC(=O)[C@H](C)N[P@@](=O)(CO[C@H](C)Cn1cnc2c(N)ncnc21)N[C@H](Cc1ccccc1)C(=O)OC(C)C. The van der Waals surface area contributed by atoms with Crippen LogP contribution in [0.3, 0.4) is 0 Å². The number of rotatable bonds is 15. The minimum absolute atomic E-state index is 0.209. The Bertz CT molecular complexity index is 1350. The number of imidazole rings is 1. The fraction of sp³-hybridized carbons (Fsp3) is 0.519. The Morgan fingerprint density at radius 1 is 0.951 bits per heavy atom. The molecule has 2 heterocycles. The van der Waals surface area contributed by atoms with Crippen molar-refractivity contribution >= 4 is 36.4 Å². The van der Waals surface area contributed by atoms with Crippen LogP contribution in [0.4, 0.5) is 5.82 Å². The third-order valence-corrected chi connectivity index (χ3v) is 7.86. The number of nitrogens with two attached hydrogens (primary N) is 1. The predicted octanol–water partition coefficient (Wildman–Crippen LogP) is 3.05. The number of esters is 2. The lowest BCUT2D eigenvalue weighted by atomic mass is 10.1. The number of carbonyl (C=O) groups excluding carboxylic acids is 2. The normalized spacial score (nSPS) is 15.4. The maximum Gasteiger partial charge on any atom is 0.324 e. The highest BCUT2D eigenvalue weighted by Gasteiger charge is 2.35. The number of benzene rings is 1. The second kappa shape index (κ2) is 14.5. The van der Waals surface area contributed by atoms with Gasteiger partial charge in [0.05, 0.1) is 31.2 Å². The van der Waals surface area contributed by atoms with Gasteiger partial charge in [0, 0.05) is 0 Å². The Labute approximate surface area is 240 Å². The zero-order chi connectivity index (χ0) is 30.2. The molecule has 0 aliphatic rings. The van der Waals surface area contributed by atoms with Gasteiger partial charge in [0.15, 0.2) is 11.5 Å². The van der Waals surface area contributed by atoms with Crippen LogP contribution in [0, 0.1) is 0 Å². The summed E-state index contributed by atoms with van der Waals surface area (Å²) in [7, 11) is -3.76. The van der Waals surface area contributed by atoms with Crippen molar-refractivity contribution in [2.45, 2.75) is 84.9 Å². The largest absolute Gasteiger partial charge is 0.462 e. The molecule has 0 radical (unpaired) electrons. The van der Waals surface area contributed by atoms with Crippen molar-refractivity contribution < 1.29 is 28.4 Å². The number of nitrogens with one attached hydrogen (secondary N) is 2. The summed E-state index contributed by atoms with van der Waals surface area (Å²) in [4.78, 5) is 38.1. The second-order valence-electron chi connectivity index (χ2n) is 10.4. The first-order chi connectivity index (χ1) is 19.4. The number of aromatic nitrogens is 4. The molecule has 4 N–H and O–H groups in total. The number of nitrogen functional groups attached to an aromatic ring is 1. The highest BCUT2D eigenvalue weighted by atomic mass is 31.2. The molecule has 3 rings (SSSR count). The lowest BCUT2D eigenvalue weighted by Crippen LogP contribution is -2.45. The molecule has 0 saturated carbocycles. The molecule has 0 bridgehead atoms. The quantitative estimate of drug-likeness (QED) is 0.175. The Balaban J connectivity index is 1.81. The molecule has 224 valence electrons. The first-order valence-electron chi connectivity index (χ1n) is 13.5. The standard InChI is InChI=1S/C27H40N7O6P/c1-17(2)39-26(35)20(6)32-41(37,33-22(27(36)40-18(3)4)12-21-10-8-7-9-11-21)16-38-19(5)13-34-15-31-23-24(28)29-14-30-25(23)34/h7-11,14-15,17-20,22H,12-13,16H2,1-6H3,(H2,28,29,30)(H2,32,33,37)/t19-,20+,22-,41+/m1/s1. The van der Waals surface area contributed by atoms with E-state index in [0.29, 0.717) is 17.7 Å². The molecule has 0 unspecified atom stereocenters. The molecule has 0 amide bonds. The molecule has 41 heavy (non-hydrogen) atoms. The number of nitrogens with zero attached hydrogens (tertiary/aromatic N) is 4. The molecule has 4 atom stereocenters. The molecule has 3 aromatic rings. The van der Waals surface area contributed by atoms with Gasteiger partial charge in [-0.25, -0.2) is 25.1 Å². The lowest BCUT2D eigenvalue weighted by molar-refractivity contribution is -0.149. The van der Waals surface area contributed by atoms with Crippen LogP contribution in [-0.4, -0.2) is 68.2 Å². The topological polar surface area (TPSA) is 173 Å². The van der Waals surface area contributed by atoms with Crippen molar-refractivity contribution in [3.63, 3.8) is 0 Å². The first-order valence-corrected chi connectivity index (χ1v) is 15.4. The minimum Gasteiger partial charge on any atom is -0.462 e. The third-order valence-electron chi connectivity index (χ3n) is 5.82. The minimum atomic E-state index is -3.76. The van der Waals surface area contributed by atoms with E-state index in [0.717, 1.165) is 5.56 Å². The molecule has 0 spiro atoms. The summed E-state index contributed by atoms with van der Waals surface area (Å²) in [6.45, 7) is 10.6. The monoisotopic (exact) mass is 589 g/mol. The molecule has 0 aliphatic heterocycles. The van der Waals surface area contributed by atoms with Gasteiger partial charge in [0.25, 0.3) is 0 Å². The van der Waals surface area contributed by atoms with Gasteiger partial charge in [0.1, 0.15) is 30.3 Å². The highest BCUT2D eigenvalue weighted by molar-refractivity contribution is 7.59. The van der Waals surface area contributed by atoms with Crippen LogP contribution in [0.1, 0.15) is 47.1 Å². The zero-order valence-electron chi connectivity index (χ0n) is 24.3. The van der Waals surface area contributed by atoms with Crippen LogP contribution in [0.25, 0.3) is 11.2 Å². The van der Waals surface area contributed by atoms with Gasteiger partial charge < -0.3 is 24.5 Å². The Morgan fingerprint density at radius 2 is 1.61 bits per heavy atom. The number of ether oxygens (including phenoxy) is 3. The molecule has 0 fully saturated rings. The molecular formula is C27H40N7O6P. The van der Waals surface area contributed by atoms with E-state index in [2.05, 4.69) is 25.1 Å². The maximum absolute atomic E-state index is 14.3. The van der Waals surface area contributed by atoms with E-state index < -0.39 is 37.6 Å². The Kier molecular flexibility index (Phi) is 11.4. The lowest BCUT2D eigenvalue weighted by Gasteiger charge is -2.29. The average Bonchev–Trinajstić information content (AvgIpc) is 3.31. The molecule has 13 nitrogen and oxygen atoms in total. The molecule has 2 aromatic heterocycles. The van der Waals surface area contributed by atoms with Crippen molar-refractivity contribution in [1.82, 2.24) is 29.7 Å². The van der Waals surface area contributed by atoms with Gasteiger partial charge in [0.2, 0.25) is 7.44 Å². The van der Waals surface area contributed by atoms with Crippen LogP contribution in [0.15, 0.2) is 43.0 Å². The summed E-state index contributed by atoms with van der Waals surface area (Å²) < 4.78 is 32.9. The van der Waals surface area contributed by atoms with E-state index in [1.54, 1.807) is 52.4 Å². The van der Waals surface area contributed by atoms with E-state index in [1.165, 1.54) is 6.33 Å². The summed E-state index contributed by atoms with van der Waals surface area (Å²) >= 11 is 0. The first kappa shape index (κ1) is 32.1. The summed E-state index contributed by atoms with van der Waals surface area (Å²) in [5, 5.41) is 5.81. The third kappa shape index (κ3) is 9.60. The van der Waals surface area contributed by atoms with Crippen molar-refractivity contribution in [1.29, 1.82) is 0 Å². The Hall–Kier alpha value is -3.38. The van der Waals surface area contributed by atoms with Gasteiger partial charge in [-0.15, -0.1) is 0 Å². The van der Waals surface area contributed by atoms with Crippen molar-refractivity contribution in [3.05, 3.63) is 48.5 Å². The summed E-state index contributed by atoms with van der Waals surface area (Å²) in [6.07, 6.45) is 1.60. The second-order valence-corrected chi connectivity index (χ2v) is 12.6. The molecule has 14 heteroatoms. The van der Waals surface area contributed by atoms with Crippen molar-refractivity contribution in [2.75, 3.05) is 12.1 Å². The Morgan fingerprint density at radius 3 is 2.27 bits per heavy atom. The maximum atomic E-state index is 14.3. The van der Waals surface area contributed by atoms with Crippen LogP contribution < -0.4 is 15.9 Å².